The van der Waals surface area contributed by atoms with Crippen molar-refractivity contribution >= 4 is 11.8 Å². The number of ether oxygens (including phenoxy) is 1. The van der Waals surface area contributed by atoms with Crippen LogP contribution < -0.4 is 10.7 Å². The van der Waals surface area contributed by atoms with Crippen molar-refractivity contribution in [1.29, 1.82) is 0 Å². The second kappa shape index (κ2) is 7.52. The molecule has 0 bridgehead atoms. The van der Waals surface area contributed by atoms with Crippen molar-refractivity contribution in [1.82, 2.24) is 14.8 Å². The number of amides is 2. The fraction of sp³-hybridized carbons (Fsp3) is 0.350. The quantitative estimate of drug-likeness (QED) is 0.772. The summed E-state index contributed by atoms with van der Waals surface area (Å²) in [5, 5.41) is 12.7. The Hall–Kier alpha value is -3.27. The first-order chi connectivity index (χ1) is 17.0. The maximum atomic E-state index is 13.9. The lowest BCUT2D eigenvalue weighted by molar-refractivity contribution is -0.112. The Morgan fingerprint density at radius 2 is 2.27 bits per heavy atom. The number of carbonyl (C=O) groups excluding carboxylic acids is 2. The third-order valence-corrected chi connectivity index (χ3v) is 4.55. The number of nitrogens with one attached hydrogen (secondary N) is 1. The summed E-state index contributed by atoms with van der Waals surface area (Å²) in [6, 6.07) is -0.313. The molecule has 3 heterocycles. The Bertz CT molecular complexity index is 1390. The Balaban J connectivity index is 1.82. The lowest BCUT2D eigenvalue weighted by Crippen LogP contribution is -2.57. The summed E-state index contributed by atoms with van der Waals surface area (Å²) in [5.74, 6) is -6.08. The van der Waals surface area contributed by atoms with Crippen LogP contribution >= 0.6 is 0 Å². The summed E-state index contributed by atoms with van der Waals surface area (Å²) < 4.78 is 89.7. The first kappa shape index (κ1) is 13.1. The molecule has 1 saturated heterocycles. The minimum Gasteiger partial charge on any atom is -0.503 e. The van der Waals surface area contributed by atoms with Gasteiger partial charge in [-0.25, -0.2) is 8.78 Å². The average molecular weight is 426 g/mol. The van der Waals surface area contributed by atoms with Gasteiger partial charge in [0, 0.05) is 34.5 Å². The van der Waals surface area contributed by atoms with Crippen molar-refractivity contribution in [2.45, 2.75) is 38.5 Å². The highest BCUT2D eigenvalue weighted by atomic mass is 19.1. The number of aromatic hydroxyl groups is 1. The van der Waals surface area contributed by atoms with Gasteiger partial charge in [0.15, 0.2) is 17.6 Å². The number of halogens is 2. The van der Waals surface area contributed by atoms with Gasteiger partial charge in [-0.05, 0) is 19.3 Å². The van der Waals surface area contributed by atoms with E-state index >= 15 is 0 Å². The van der Waals surface area contributed by atoms with Crippen molar-refractivity contribution in [2.75, 3.05) is 6.61 Å². The standard InChI is InChI=1S/C20H19F2N3O5/c1-10-4-5-30-15-9-24-8-13(17(26)18(27)16(24)20(29)25(10)15)19(28)23-7-11-2-3-12(21)6-14(11)22/h2-3,6,8,10,15,27H,4-5,7,9H2,1H3,(H,23,28)/t10-,15+/m1/s1/i1D3,9D2,10D,15D. The van der Waals surface area contributed by atoms with E-state index in [0.717, 1.165) is 12.1 Å². The van der Waals surface area contributed by atoms with E-state index in [1.165, 1.54) is 0 Å². The number of fused-ring (bicyclic) bond motifs is 2. The Labute approximate surface area is 179 Å². The highest BCUT2D eigenvalue weighted by Gasteiger charge is 2.41. The van der Waals surface area contributed by atoms with Gasteiger partial charge in [-0.3, -0.25) is 14.4 Å². The van der Waals surface area contributed by atoms with Crippen LogP contribution in [-0.2, 0) is 17.8 Å². The summed E-state index contributed by atoms with van der Waals surface area (Å²) in [4.78, 5) is 38.9. The van der Waals surface area contributed by atoms with Crippen LogP contribution in [0.25, 0.3) is 0 Å². The van der Waals surface area contributed by atoms with E-state index in [2.05, 4.69) is 5.32 Å². The van der Waals surface area contributed by atoms with Crippen molar-refractivity contribution in [3.8, 4) is 5.75 Å². The van der Waals surface area contributed by atoms with Crippen LogP contribution in [-0.4, -0.2) is 45.2 Å². The molecule has 8 nitrogen and oxygen atoms in total. The Morgan fingerprint density at radius 3 is 3.00 bits per heavy atom. The molecule has 1 aromatic heterocycles. The normalized spacial score (nSPS) is 30.9. The van der Waals surface area contributed by atoms with Crippen LogP contribution in [0.1, 0.15) is 49.3 Å². The molecular formula is C20H19F2N3O5. The largest absolute Gasteiger partial charge is 0.503 e. The number of aromatic nitrogens is 1. The van der Waals surface area contributed by atoms with E-state index in [1.54, 1.807) is 0 Å². The highest BCUT2D eigenvalue weighted by molar-refractivity contribution is 5.99. The maximum absolute atomic E-state index is 13.9. The van der Waals surface area contributed by atoms with Crippen LogP contribution in [0.2, 0.25) is 0 Å². The third kappa shape index (κ3) is 3.32. The van der Waals surface area contributed by atoms with Crippen LogP contribution in [0.15, 0.2) is 29.2 Å². The number of pyridine rings is 1. The predicted molar refractivity (Wildman–Crippen MR) is 99.9 cm³/mol. The zero-order valence-corrected chi connectivity index (χ0v) is 15.2. The van der Waals surface area contributed by atoms with E-state index in [4.69, 9.17) is 14.3 Å². The van der Waals surface area contributed by atoms with E-state index < -0.39 is 91.0 Å². The molecule has 0 unspecified atom stereocenters. The molecule has 2 aliphatic heterocycles. The molecule has 1 aromatic carbocycles. The van der Waals surface area contributed by atoms with Gasteiger partial charge in [0.1, 0.15) is 17.2 Å². The predicted octanol–water partition coefficient (Wildman–Crippen LogP) is 1.35. The van der Waals surface area contributed by atoms with Crippen molar-refractivity contribution in [3.05, 3.63) is 63.1 Å². The lowest BCUT2D eigenvalue weighted by Gasteiger charge is -2.44. The molecule has 0 radical (unpaired) electrons. The average Bonchev–Trinajstić information content (AvgIpc) is 2.78. The Kier molecular flexibility index (Phi) is 3.29. The van der Waals surface area contributed by atoms with Gasteiger partial charge in [0.05, 0.1) is 18.6 Å². The highest BCUT2D eigenvalue weighted by Crippen LogP contribution is 2.29. The van der Waals surface area contributed by atoms with Gasteiger partial charge in [0.2, 0.25) is 5.43 Å². The molecule has 1 fully saturated rings. The summed E-state index contributed by atoms with van der Waals surface area (Å²) >= 11 is 0. The van der Waals surface area contributed by atoms with E-state index in [9.17, 15) is 28.3 Å². The molecule has 158 valence electrons. The van der Waals surface area contributed by atoms with Gasteiger partial charge in [-0.15, -0.1) is 0 Å². The number of benzene rings is 1. The summed E-state index contributed by atoms with van der Waals surface area (Å²) in [6.45, 7) is -7.58. The van der Waals surface area contributed by atoms with Crippen LogP contribution in [0, 0.1) is 11.6 Å². The van der Waals surface area contributed by atoms with Crippen molar-refractivity contribution < 1.29 is 37.8 Å². The number of rotatable bonds is 3. The number of hydrogen-bond donors (Lipinski definition) is 2. The van der Waals surface area contributed by atoms with Gasteiger partial charge in [0.25, 0.3) is 11.8 Å². The minimum atomic E-state index is -3.23. The zero-order chi connectivity index (χ0) is 27.7. The molecule has 2 amide bonds. The molecule has 0 spiro atoms. The topological polar surface area (TPSA) is 101 Å². The summed E-state index contributed by atoms with van der Waals surface area (Å²) in [6.07, 6.45) is -3.23. The van der Waals surface area contributed by atoms with E-state index in [1.807, 2.05) is 0 Å². The van der Waals surface area contributed by atoms with Crippen molar-refractivity contribution in [2.24, 2.45) is 0 Å². The number of hydrogen-bond acceptors (Lipinski definition) is 5. The lowest BCUT2D eigenvalue weighted by atomic mass is 10.1. The SMILES string of the molecule is [2H]C([2H])([2H])[C@]1([2H])CCO[C@]2([2H])N1C(=O)c1c(O)c(=O)c(C(=O)NCc3ccc(F)cc3F)cn1C2([2H])[2H]. The summed E-state index contributed by atoms with van der Waals surface area (Å²) in [7, 11) is 0. The molecule has 2 N–H and O–H groups in total. The summed E-state index contributed by atoms with van der Waals surface area (Å²) in [5.41, 5.74) is -3.60. The molecule has 2 aliphatic rings. The first-order valence-corrected chi connectivity index (χ1v) is 8.67. The molecule has 10 heteroatoms. The van der Waals surface area contributed by atoms with Crippen LogP contribution in [0.3, 0.4) is 0 Å². The second-order valence-corrected chi connectivity index (χ2v) is 6.46. The van der Waals surface area contributed by atoms with Gasteiger partial charge < -0.3 is 24.6 Å². The monoisotopic (exact) mass is 426 g/mol. The number of nitrogens with zero attached hydrogens (tertiary/aromatic N) is 2. The smallest absolute Gasteiger partial charge is 0.276 e. The van der Waals surface area contributed by atoms with Gasteiger partial charge in [-0.2, -0.15) is 0 Å². The van der Waals surface area contributed by atoms with Gasteiger partial charge in [-0.1, -0.05) is 6.07 Å². The molecular weight excluding hydrogens is 400 g/mol. The Morgan fingerprint density at radius 1 is 1.47 bits per heavy atom. The molecule has 30 heavy (non-hydrogen) atoms. The van der Waals surface area contributed by atoms with Crippen LogP contribution in [0.5, 0.6) is 5.75 Å². The fourth-order valence-electron chi connectivity index (χ4n) is 3.04. The maximum Gasteiger partial charge on any atom is 0.276 e. The molecule has 2 aromatic rings. The number of carbonyl (C=O) groups is 2. The third-order valence-electron chi connectivity index (χ3n) is 4.55. The second-order valence-electron chi connectivity index (χ2n) is 6.46. The van der Waals surface area contributed by atoms with Crippen molar-refractivity contribution in [3.63, 3.8) is 0 Å². The first-order valence-electron chi connectivity index (χ1n) is 12.2. The molecule has 4 rings (SSSR count). The molecule has 0 saturated carbocycles. The minimum absolute atomic E-state index is 0.0298. The molecule has 0 aliphatic carbocycles. The molecule has 2 atom stereocenters. The van der Waals surface area contributed by atoms with E-state index in [0.29, 0.717) is 16.8 Å². The van der Waals surface area contributed by atoms with Gasteiger partial charge >= 0.3 is 0 Å². The fourth-order valence-corrected chi connectivity index (χ4v) is 3.04. The zero-order valence-electron chi connectivity index (χ0n) is 22.2. The van der Waals surface area contributed by atoms with Crippen LogP contribution in [0.4, 0.5) is 8.78 Å². The van der Waals surface area contributed by atoms with E-state index in [-0.39, 0.29) is 10.5 Å².